The van der Waals surface area contributed by atoms with Gasteiger partial charge >= 0.3 is 0 Å². The Labute approximate surface area is 191 Å². The maximum Gasteiger partial charge on any atom is 0.273 e. The van der Waals surface area contributed by atoms with Crippen LogP contribution >= 0.6 is 0 Å². The molecule has 4 rings (SSSR count). The van der Waals surface area contributed by atoms with Crippen LogP contribution in [-0.4, -0.2) is 40.5 Å². The van der Waals surface area contributed by atoms with Crippen LogP contribution in [0.1, 0.15) is 39.4 Å². The van der Waals surface area contributed by atoms with Gasteiger partial charge in [0.25, 0.3) is 5.91 Å². The van der Waals surface area contributed by atoms with Gasteiger partial charge in [-0.25, -0.2) is 4.39 Å². The number of halogens is 1. The molecule has 1 aromatic heterocycles. The summed E-state index contributed by atoms with van der Waals surface area (Å²) in [5.41, 5.74) is 9.14. The van der Waals surface area contributed by atoms with Crippen LogP contribution in [0.25, 0.3) is 0 Å². The number of nitrogens with one attached hydrogen (secondary N) is 1. The monoisotopic (exact) mass is 450 g/mol. The van der Waals surface area contributed by atoms with E-state index >= 15 is 0 Å². The third-order valence-corrected chi connectivity index (χ3v) is 5.91. The van der Waals surface area contributed by atoms with Crippen molar-refractivity contribution in [2.24, 2.45) is 5.73 Å². The average Bonchev–Trinajstić information content (AvgIpc) is 3.24. The Morgan fingerprint density at radius 1 is 1.21 bits per heavy atom. The molecule has 0 spiro atoms. The maximum atomic E-state index is 14.0. The molecule has 2 atom stereocenters. The lowest BCUT2D eigenvalue weighted by molar-refractivity contribution is -0.135. The number of rotatable bonds is 7. The number of aryl methyl sites for hydroxylation is 1. The van der Waals surface area contributed by atoms with E-state index in [1.165, 1.54) is 6.07 Å². The van der Waals surface area contributed by atoms with E-state index in [9.17, 15) is 14.0 Å². The first-order chi connectivity index (χ1) is 15.9. The fraction of sp³-hybridized carbons (Fsp3) is 0.320. The molecule has 0 saturated heterocycles. The van der Waals surface area contributed by atoms with E-state index < -0.39 is 6.04 Å². The van der Waals surface area contributed by atoms with E-state index in [-0.39, 0.29) is 48.8 Å². The fourth-order valence-electron chi connectivity index (χ4n) is 4.20. The fourth-order valence-corrected chi connectivity index (χ4v) is 4.20. The summed E-state index contributed by atoms with van der Waals surface area (Å²) in [6.07, 6.45) is 0.974. The molecular weight excluding hydrogens is 423 g/mol. The first-order valence-corrected chi connectivity index (χ1v) is 11.0. The molecule has 2 aromatic carbocycles. The highest BCUT2D eigenvalue weighted by atomic mass is 19.1. The van der Waals surface area contributed by atoms with E-state index in [1.54, 1.807) is 36.1 Å². The second-order valence-corrected chi connectivity index (χ2v) is 8.44. The molecule has 0 bridgehead atoms. The van der Waals surface area contributed by atoms with E-state index in [4.69, 9.17) is 10.3 Å². The number of hydrogen-bond donors (Lipinski definition) is 2. The van der Waals surface area contributed by atoms with Gasteiger partial charge in [-0.1, -0.05) is 47.6 Å². The normalized spacial score (nSPS) is 16.2. The quantitative estimate of drug-likeness (QED) is 0.576. The van der Waals surface area contributed by atoms with Gasteiger partial charge in [0.2, 0.25) is 5.91 Å². The van der Waals surface area contributed by atoms with Crippen molar-refractivity contribution >= 4 is 11.8 Å². The van der Waals surface area contributed by atoms with Gasteiger partial charge in [-0.2, -0.15) is 0 Å². The summed E-state index contributed by atoms with van der Waals surface area (Å²) in [6.45, 7) is 2.42. The zero-order valence-electron chi connectivity index (χ0n) is 18.5. The first kappa shape index (κ1) is 22.7. The SMILES string of the molecule is Cc1cc(C(=O)NC[C@@H]2Cc3ccccc3CN2C(=O)C[C@H](N)Cc2ccccc2F)no1. The molecule has 172 valence electrons. The van der Waals surface area contributed by atoms with Crippen molar-refractivity contribution < 1.29 is 18.5 Å². The number of benzene rings is 2. The van der Waals surface area contributed by atoms with Gasteiger partial charge < -0.3 is 20.5 Å². The minimum absolute atomic E-state index is 0.0867. The first-order valence-electron chi connectivity index (χ1n) is 11.0. The molecule has 0 aliphatic carbocycles. The smallest absolute Gasteiger partial charge is 0.273 e. The van der Waals surface area contributed by atoms with Crippen molar-refractivity contribution in [1.82, 2.24) is 15.4 Å². The number of carbonyl (C=O) groups excluding carboxylic acids is 2. The second-order valence-electron chi connectivity index (χ2n) is 8.44. The van der Waals surface area contributed by atoms with E-state index in [0.29, 0.717) is 24.3 Å². The number of hydrogen-bond acceptors (Lipinski definition) is 5. The lowest BCUT2D eigenvalue weighted by Gasteiger charge is -2.37. The molecule has 0 unspecified atom stereocenters. The minimum atomic E-state index is -0.514. The predicted molar refractivity (Wildman–Crippen MR) is 121 cm³/mol. The Bertz CT molecular complexity index is 1150. The molecule has 33 heavy (non-hydrogen) atoms. The number of amides is 2. The molecule has 3 N–H and O–H groups in total. The van der Waals surface area contributed by atoms with E-state index in [1.807, 2.05) is 24.3 Å². The van der Waals surface area contributed by atoms with Crippen molar-refractivity contribution in [3.05, 3.63) is 88.6 Å². The van der Waals surface area contributed by atoms with Gasteiger partial charge in [0.15, 0.2) is 5.69 Å². The Morgan fingerprint density at radius 2 is 1.94 bits per heavy atom. The lowest BCUT2D eigenvalue weighted by Crippen LogP contribution is -2.51. The topological polar surface area (TPSA) is 101 Å². The highest BCUT2D eigenvalue weighted by molar-refractivity contribution is 5.92. The van der Waals surface area contributed by atoms with Crippen molar-refractivity contribution in [1.29, 1.82) is 0 Å². The summed E-state index contributed by atoms with van der Waals surface area (Å²) >= 11 is 0. The van der Waals surface area contributed by atoms with E-state index in [2.05, 4.69) is 10.5 Å². The molecule has 0 radical (unpaired) electrons. The zero-order valence-corrected chi connectivity index (χ0v) is 18.5. The van der Waals surface area contributed by atoms with Crippen molar-refractivity contribution in [3.8, 4) is 0 Å². The number of aromatic nitrogens is 1. The standard InChI is InChI=1S/C25H27FN4O3/c1-16-10-23(29-33-16)25(32)28-14-21-12-17-6-2-3-8-19(17)15-30(21)24(31)13-20(27)11-18-7-4-5-9-22(18)26/h2-10,20-21H,11-15,27H2,1H3,(H,28,32)/t20-,21+/m1/s1. The Hall–Kier alpha value is -3.52. The molecule has 2 heterocycles. The summed E-state index contributed by atoms with van der Waals surface area (Å²) in [5.74, 6) is -0.248. The number of fused-ring (bicyclic) bond motifs is 1. The van der Waals surface area contributed by atoms with Gasteiger partial charge in [-0.3, -0.25) is 9.59 Å². The summed E-state index contributed by atoms with van der Waals surface area (Å²) in [4.78, 5) is 27.4. The molecule has 2 amide bonds. The molecule has 0 fully saturated rings. The van der Waals surface area contributed by atoms with Crippen molar-refractivity contribution in [2.45, 2.75) is 44.8 Å². The molecule has 8 heteroatoms. The second kappa shape index (κ2) is 9.95. The largest absolute Gasteiger partial charge is 0.361 e. The van der Waals surface area contributed by atoms with Crippen LogP contribution in [0.4, 0.5) is 4.39 Å². The molecule has 7 nitrogen and oxygen atoms in total. The number of nitrogens with two attached hydrogens (primary N) is 1. The van der Waals surface area contributed by atoms with Crippen molar-refractivity contribution in [3.63, 3.8) is 0 Å². The summed E-state index contributed by atoms with van der Waals surface area (Å²) in [5, 5.41) is 6.60. The predicted octanol–water partition coefficient (Wildman–Crippen LogP) is 2.77. The van der Waals surface area contributed by atoms with Gasteiger partial charge in [0, 0.05) is 31.6 Å². The van der Waals surface area contributed by atoms with Crippen molar-refractivity contribution in [2.75, 3.05) is 6.54 Å². The highest BCUT2D eigenvalue weighted by Gasteiger charge is 2.31. The molecule has 3 aromatic rings. The molecular formula is C25H27FN4O3. The van der Waals surface area contributed by atoms with Crippen LogP contribution in [0, 0.1) is 12.7 Å². The van der Waals surface area contributed by atoms with Crippen LogP contribution in [0.3, 0.4) is 0 Å². The number of carbonyl (C=O) groups is 2. The van der Waals surface area contributed by atoms with Crippen LogP contribution in [0.15, 0.2) is 59.1 Å². The summed E-state index contributed by atoms with van der Waals surface area (Å²) < 4.78 is 19.0. The Morgan fingerprint density at radius 3 is 2.67 bits per heavy atom. The van der Waals surface area contributed by atoms with Gasteiger partial charge in [0.05, 0.1) is 6.04 Å². The molecule has 0 saturated carbocycles. The third-order valence-electron chi connectivity index (χ3n) is 5.91. The van der Waals surface area contributed by atoms with Gasteiger partial charge in [-0.05, 0) is 42.5 Å². The Balaban J connectivity index is 1.45. The van der Waals surface area contributed by atoms with Gasteiger partial charge in [0.1, 0.15) is 11.6 Å². The highest BCUT2D eigenvalue weighted by Crippen LogP contribution is 2.24. The molecule has 1 aliphatic rings. The molecule has 1 aliphatic heterocycles. The summed E-state index contributed by atoms with van der Waals surface area (Å²) in [7, 11) is 0. The Kier molecular flexibility index (Phi) is 6.84. The van der Waals surface area contributed by atoms with Crippen LogP contribution in [0.5, 0.6) is 0 Å². The summed E-state index contributed by atoms with van der Waals surface area (Å²) in [6, 6.07) is 15.2. The van der Waals surface area contributed by atoms with Crippen LogP contribution in [-0.2, 0) is 24.2 Å². The van der Waals surface area contributed by atoms with Crippen LogP contribution in [0.2, 0.25) is 0 Å². The maximum absolute atomic E-state index is 14.0. The lowest BCUT2D eigenvalue weighted by atomic mass is 9.93. The average molecular weight is 451 g/mol. The zero-order chi connectivity index (χ0) is 23.4. The number of nitrogens with zero attached hydrogens (tertiary/aromatic N) is 2. The van der Waals surface area contributed by atoms with Crippen LogP contribution < -0.4 is 11.1 Å². The third kappa shape index (κ3) is 5.46. The van der Waals surface area contributed by atoms with Gasteiger partial charge in [-0.15, -0.1) is 0 Å². The van der Waals surface area contributed by atoms with E-state index in [0.717, 1.165) is 11.1 Å². The minimum Gasteiger partial charge on any atom is -0.361 e.